The molecule has 33 heavy (non-hydrogen) atoms. The Hall–Kier alpha value is -3.90. The SMILES string of the molecule is COCCn1ccc2cc(C(=O)NC(Cc3ccccc3)c3nc4ccccc4[nH]3)ccc21. The number of methoxy groups -OCH3 is 1. The lowest BCUT2D eigenvalue weighted by Crippen LogP contribution is -2.30. The zero-order valence-electron chi connectivity index (χ0n) is 18.5. The molecule has 1 unspecified atom stereocenters. The molecule has 5 rings (SSSR count). The number of fused-ring (bicyclic) bond motifs is 2. The van der Waals surface area contributed by atoms with E-state index in [1.807, 2.05) is 72.9 Å². The van der Waals surface area contributed by atoms with Gasteiger partial charge in [0.15, 0.2) is 0 Å². The first-order valence-corrected chi connectivity index (χ1v) is 11.1. The van der Waals surface area contributed by atoms with Crippen LogP contribution >= 0.6 is 0 Å². The number of hydrogen-bond donors (Lipinski definition) is 2. The number of imidazole rings is 1. The Morgan fingerprint density at radius 3 is 2.70 bits per heavy atom. The molecular weight excluding hydrogens is 412 g/mol. The largest absolute Gasteiger partial charge is 0.383 e. The van der Waals surface area contributed by atoms with E-state index in [-0.39, 0.29) is 11.9 Å². The summed E-state index contributed by atoms with van der Waals surface area (Å²) in [6, 6.07) is 25.6. The van der Waals surface area contributed by atoms with Gasteiger partial charge in [0, 0.05) is 36.3 Å². The summed E-state index contributed by atoms with van der Waals surface area (Å²) in [5.74, 6) is 0.628. The number of hydrogen-bond acceptors (Lipinski definition) is 3. The van der Waals surface area contributed by atoms with Crippen LogP contribution in [0, 0.1) is 0 Å². The fourth-order valence-corrected chi connectivity index (χ4v) is 4.17. The van der Waals surface area contributed by atoms with Crippen LogP contribution in [-0.2, 0) is 17.7 Å². The van der Waals surface area contributed by atoms with Crippen LogP contribution < -0.4 is 5.32 Å². The number of ether oxygens (including phenoxy) is 1. The summed E-state index contributed by atoms with van der Waals surface area (Å²) in [6.45, 7) is 1.42. The van der Waals surface area contributed by atoms with E-state index in [9.17, 15) is 4.79 Å². The Labute approximate surface area is 192 Å². The second kappa shape index (κ2) is 9.30. The van der Waals surface area contributed by atoms with Crippen LogP contribution in [0.1, 0.15) is 27.8 Å². The molecule has 0 aliphatic carbocycles. The van der Waals surface area contributed by atoms with Gasteiger partial charge in [-0.15, -0.1) is 0 Å². The third kappa shape index (κ3) is 4.52. The van der Waals surface area contributed by atoms with Crippen LogP contribution in [-0.4, -0.2) is 34.2 Å². The molecule has 1 amide bonds. The molecule has 1 atom stereocenters. The van der Waals surface area contributed by atoms with E-state index in [0.29, 0.717) is 18.6 Å². The summed E-state index contributed by atoms with van der Waals surface area (Å²) in [5.41, 5.74) is 4.69. The van der Waals surface area contributed by atoms with Crippen molar-refractivity contribution < 1.29 is 9.53 Å². The van der Waals surface area contributed by atoms with Crippen LogP contribution in [0.25, 0.3) is 21.9 Å². The number of amides is 1. The van der Waals surface area contributed by atoms with E-state index in [0.717, 1.165) is 39.9 Å². The van der Waals surface area contributed by atoms with E-state index in [4.69, 9.17) is 9.72 Å². The molecule has 6 nitrogen and oxygen atoms in total. The van der Waals surface area contributed by atoms with Crippen molar-refractivity contribution in [1.29, 1.82) is 0 Å². The van der Waals surface area contributed by atoms with E-state index in [2.05, 4.69) is 27.0 Å². The molecule has 166 valence electrons. The average Bonchev–Trinajstić information content (AvgIpc) is 3.46. The maximum atomic E-state index is 13.3. The van der Waals surface area contributed by atoms with Crippen molar-refractivity contribution in [2.75, 3.05) is 13.7 Å². The number of nitrogens with zero attached hydrogens (tertiary/aromatic N) is 2. The monoisotopic (exact) mass is 438 g/mol. The molecule has 0 fully saturated rings. The van der Waals surface area contributed by atoms with Gasteiger partial charge in [-0.25, -0.2) is 4.98 Å². The Morgan fingerprint density at radius 2 is 1.88 bits per heavy atom. The van der Waals surface area contributed by atoms with Gasteiger partial charge in [-0.05, 0) is 48.4 Å². The third-order valence-corrected chi connectivity index (χ3v) is 5.90. The normalized spacial score (nSPS) is 12.3. The predicted octanol–water partition coefficient (Wildman–Crippen LogP) is 4.88. The highest BCUT2D eigenvalue weighted by Crippen LogP contribution is 2.22. The van der Waals surface area contributed by atoms with Crippen LogP contribution in [0.15, 0.2) is 85.1 Å². The molecule has 0 aliphatic heterocycles. The minimum absolute atomic E-state index is 0.122. The van der Waals surface area contributed by atoms with Gasteiger partial charge < -0.3 is 19.6 Å². The van der Waals surface area contributed by atoms with Crippen LogP contribution in [0.5, 0.6) is 0 Å². The van der Waals surface area contributed by atoms with Crippen LogP contribution in [0.3, 0.4) is 0 Å². The molecule has 2 N–H and O–H groups in total. The molecule has 2 heterocycles. The zero-order valence-corrected chi connectivity index (χ0v) is 18.5. The Kier molecular flexibility index (Phi) is 5.91. The molecule has 0 radical (unpaired) electrons. The lowest BCUT2D eigenvalue weighted by atomic mass is 10.0. The van der Waals surface area contributed by atoms with Crippen LogP contribution in [0.4, 0.5) is 0 Å². The summed E-state index contributed by atoms with van der Waals surface area (Å²) in [6.07, 6.45) is 2.67. The highest BCUT2D eigenvalue weighted by atomic mass is 16.5. The van der Waals surface area contributed by atoms with Crippen molar-refractivity contribution in [2.45, 2.75) is 19.0 Å². The molecule has 0 saturated heterocycles. The summed E-state index contributed by atoms with van der Waals surface area (Å²) in [4.78, 5) is 21.4. The first kappa shape index (κ1) is 21.0. The van der Waals surface area contributed by atoms with E-state index in [1.165, 1.54) is 0 Å². The maximum absolute atomic E-state index is 13.3. The molecule has 5 aromatic rings. The highest BCUT2D eigenvalue weighted by molar-refractivity contribution is 5.98. The highest BCUT2D eigenvalue weighted by Gasteiger charge is 2.20. The number of carbonyl (C=O) groups excluding carboxylic acids is 1. The van der Waals surface area contributed by atoms with Gasteiger partial charge in [-0.2, -0.15) is 0 Å². The topological polar surface area (TPSA) is 71.9 Å². The lowest BCUT2D eigenvalue weighted by molar-refractivity contribution is 0.0935. The predicted molar refractivity (Wildman–Crippen MR) is 130 cm³/mol. The molecule has 3 aromatic carbocycles. The second-order valence-electron chi connectivity index (χ2n) is 8.13. The average molecular weight is 439 g/mol. The van der Waals surface area contributed by atoms with Gasteiger partial charge in [0.1, 0.15) is 5.82 Å². The summed E-state index contributed by atoms with van der Waals surface area (Å²) >= 11 is 0. The molecule has 0 saturated carbocycles. The summed E-state index contributed by atoms with van der Waals surface area (Å²) in [5, 5.41) is 4.24. The first-order chi connectivity index (χ1) is 16.2. The molecule has 0 bridgehead atoms. The Morgan fingerprint density at radius 1 is 1.06 bits per heavy atom. The summed E-state index contributed by atoms with van der Waals surface area (Å²) in [7, 11) is 1.70. The molecule has 6 heteroatoms. The van der Waals surface area contributed by atoms with Gasteiger partial charge in [-0.1, -0.05) is 42.5 Å². The number of carbonyl (C=O) groups is 1. The number of para-hydroxylation sites is 2. The number of aromatic nitrogens is 3. The quantitative estimate of drug-likeness (QED) is 0.363. The van der Waals surface area contributed by atoms with Crippen molar-refractivity contribution in [3.8, 4) is 0 Å². The van der Waals surface area contributed by atoms with Gasteiger partial charge in [0.2, 0.25) is 0 Å². The van der Waals surface area contributed by atoms with Crippen molar-refractivity contribution in [2.24, 2.45) is 0 Å². The van der Waals surface area contributed by atoms with Crippen molar-refractivity contribution >= 4 is 27.8 Å². The lowest BCUT2D eigenvalue weighted by Gasteiger charge is -2.17. The minimum atomic E-state index is -0.283. The molecule has 0 spiro atoms. The van der Waals surface area contributed by atoms with Crippen molar-refractivity contribution in [3.05, 3.63) is 102 Å². The maximum Gasteiger partial charge on any atom is 0.251 e. The van der Waals surface area contributed by atoms with E-state index >= 15 is 0 Å². The standard InChI is InChI=1S/C27H26N4O2/c1-33-16-15-31-14-13-20-18-21(11-12-25(20)31)27(32)30-24(17-19-7-3-2-4-8-19)26-28-22-9-5-6-10-23(22)29-26/h2-14,18,24H,15-17H2,1H3,(H,28,29)(H,30,32). The zero-order chi connectivity index (χ0) is 22.6. The fraction of sp³-hybridized carbons (Fsp3) is 0.185. The van der Waals surface area contributed by atoms with Gasteiger partial charge in [0.05, 0.1) is 23.7 Å². The molecule has 0 aliphatic rings. The first-order valence-electron chi connectivity index (χ1n) is 11.1. The molecule has 2 aromatic heterocycles. The number of nitrogens with one attached hydrogen (secondary N) is 2. The van der Waals surface area contributed by atoms with Crippen molar-refractivity contribution in [3.63, 3.8) is 0 Å². The van der Waals surface area contributed by atoms with Crippen molar-refractivity contribution in [1.82, 2.24) is 19.9 Å². The fourth-order valence-electron chi connectivity index (χ4n) is 4.17. The summed E-state index contributed by atoms with van der Waals surface area (Å²) < 4.78 is 7.32. The smallest absolute Gasteiger partial charge is 0.251 e. The minimum Gasteiger partial charge on any atom is -0.383 e. The second-order valence-corrected chi connectivity index (χ2v) is 8.13. The van der Waals surface area contributed by atoms with Gasteiger partial charge in [-0.3, -0.25) is 4.79 Å². The van der Waals surface area contributed by atoms with Gasteiger partial charge >= 0.3 is 0 Å². The molecular formula is C27H26N4O2. The van der Waals surface area contributed by atoms with Gasteiger partial charge in [0.25, 0.3) is 5.91 Å². The number of aromatic amines is 1. The Bertz CT molecular complexity index is 1350. The number of H-pyrrole nitrogens is 1. The van der Waals surface area contributed by atoms with E-state index < -0.39 is 0 Å². The van der Waals surface area contributed by atoms with Crippen LogP contribution in [0.2, 0.25) is 0 Å². The number of rotatable bonds is 8. The number of benzene rings is 3. The third-order valence-electron chi connectivity index (χ3n) is 5.90. The Balaban J connectivity index is 1.42. The van der Waals surface area contributed by atoms with E-state index in [1.54, 1.807) is 7.11 Å².